The molecule has 0 aromatic heterocycles. The van der Waals surface area contributed by atoms with Gasteiger partial charge in [0.1, 0.15) is 17.4 Å². The zero-order valence-corrected chi connectivity index (χ0v) is 16.1. The molecule has 1 atom stereocenters. The Hall–Kier alpha value is -4.18. The predicted molar refractivity (Wildman–Crippen MR) is 112 cm³/mol. The van der Waals surface area contributed by atoms with E-state index in [0.29, 0.717) is 17.9 Å². The van der Waals surface area contributed by atoms with Crippen molar-refractivity contribution in [3.05, 3.63) is 93.4 Å². The molecule has 0 bridgehead atoms. The van der Waals surface area contributed by atoms with Crippen LogP contribution >= 0.6 is 0 Å². The van der Waals surface area contributed by atoms with Crippen molar-refractivity contribution < 1.29 is 14.4 Å². The van der Waals surface area contributed by atoms with Gasteiger partial charge in [-0.2, -0.15) is 10.3 Å². The molecule has 148 valence electrons. The highest BCUT2D eigenvalue weighted by molar-refractivity contribution is 5.91. The number of nitrogens with zero attached hydrogens (tertiary/aromatic N) is 3. The van der Waals surface area contributed by atoms with E-state index in [4.69, 9.17) is 9.47 Å². The van der Waals surface area contributed by atoms with Crippen molar-refractivity contribution in [2.45, 2.75) is 12.8 Å². The van der Waals surface area contributed by atoms with Gasteiger partial charge >= 0.3 is 0 Å². The molecular weight excluding hydrogens is 382 g/mol. The Kier molecular flexibility index (Phi) is 5.14. The highest BCUT2D eigenvalue weighted by atomic mass is 16.6. The number of allylic oxidation sites excluding steroid dienone is 1. The van der Waals surface area contributed by atoms with Gasteiger partial charge in [0.05, 0.1) is 17.4 Å². The number of benzene rings is 3. The summed E-state index contributed by atoms with van der Waals surface area (Å²) in [6.45, 7) is 2.24. The zero-order chi connectivity index (χ0) is 21.1. The number of hydrogen-bond acceptors (Lipinski definition) is 6. The summed E-state index contributed by atoms with van der Waals surface area (Å²) in [6.07, 6.45) is 1.24. The van der Waals surface area contributed by atoms with Crippen LogP contribution in [-0.4, -0.2) is 17.9 Å². The van der Waals surface area contributed by atoms with Crippen molar-refractivity contribution in [3.63, 3.8) is 0 Å². The van der Waals surface area contributed by atoms with Crippen LogP contribution in [0.1, 0.15) is 24.0 Å². The zero-order valence-electron chi connectivity index (χ0n) is 16.1. The van der Waals surface area contributed by atoms with Crippen molar-refractivity contribution in [2.75, 3.05) is 6.61 Å². The average Bonchev–Trinajstić information content (AvgIpc) is 2.78. The van der Waals surface area contributed by atoms with E-state index in [1.165, 1.54) is 18.5 Å². The van der Waals surface area contributed by atoms with Crippen molar-refractivity contribution in [2.24, 2.45) is 4.99 Å². The number of non-ortho nitro benzene ring substituents is 1. The lowest BCUT2D eigenvalue weighted by Crippen LogP contribution is -2.16. The minimum Gasteiger partial charge on any atom is -0.483 e. The van der Waals surface area contributed by atoms with E-state index in [1.54, 1.807) is 12.1 Å². The fourth-order valence-electron chi connectivity index (χ4n) is 3.56. The second kappa shape index (κ2) is 8.05. The lowest BCUT2D eigenvalue weighted by Gasteiger charge is -2.27. The van der Waals surface area contributed by atoms with Gasteiger partial charge in [-0.05, 0) is 17.9 Å². The van der Waals surface area contributed by atoms with Crippen molar-refractivity contribution in [1.29, 1.82) is 5.26 Å². The summed E-state index contributed by atoms with van der Waals surface area (Å²) in [5.74, 6) is 0.135. The molecule has 1 aliphatic heterocycles. The molecule has 0 spiro atoms. The Morgan fingerprint density at radius 3 is 2.83 bits per heavy atom. The minimum atomic E-state index is -0.558. The maximum absolute atomic E-state index is 11.3. The highest BCUT2D eigenvalue weighted by Gasteiger charge is 2.33. The van der Waals surface area contributed by atoms with Gasteiger partial charge in [0.15, 0.2) is 6.40 Å². The first-order valence-electron chi connectivity index (χ1n) is 9.36. The van der Waals surface area contributed by atoms with E-state index in [0.717, 1.165) is 16.3 Å². The van der Waals surface area contributed by atoms with Gasteiger partial charge in [0, 0.05) is 23.1 Å². The molecule has 0 N–H and O–H groups in total. The Bertz CT molecular complexity index is 1240. The summed E-state index contributed by atoms with van der Waals surface area (Å²) in [4.78, 5) is 15.1. The average molecular weight is 399 g/mol. The van der Waals surface area contributed by atoms with Crippen molar-refractivity contribution >= 4 is 22.9 Å². The van der Waals surface area contributed by atoms with Gasteiger partial charge in [-0.25, -0.2) is 0 Å². The van der Waals surface area contributed by atoms with Gasteiger partial charge in [0.2, 0.25) is 5.88 Å². The molecule has 7 nitrogen and oxygen atoms in total. The van der Waals surface area contributed by atoms with Crippen molar-refractivity contribution in [1.82, 2.24) is 0 Å². The van der Waals surface area contributed by atoms with E-state index >= 15 is 0 Å². The molecule has 3 aromatic carbocycles. The molecule has 1 heterocycles. The quantitative estimate of drug-likeness (QED) is 0.258. The normalized spacial score (nSPS) is 15.5. The Morgan fingerprint density at radius 1 is 1.23 bits per heavy atom. The fraction of sp³-hybridized carbons (Fsp3) is 0.130. The molecule has 0 aliphatic carbocycles. The smallest absolute Gasteiger partial charge is 0.269 e. The third kappa shape index (κ3) is 3.35. The lowest BCUT2D eigenvalue weighted by molar-refractivity contribution is -0.384. The number of fused-ring (bicyclic) bond motifs is 3. The largest absolute Gasteiger partial charge is 0.483 e. The highest BCUT2D eigenvalue weighted by Crippen LogP contribution is 2.46. The molecule has 0 fully saturated rings. The predicted octanol–water partition coefficient (Wildman–Crippen LogP) is 5.07. The molecule has 0 saturated heterocycles. The molecule has 0 amide bonds. The van der Waals surface area contributed by atoms with Crippen LogP contribution in [0.2, 0.25) is 0 Å². The maximum atomic E-state index is 11.3. The number of nitriles is 1. The Balaban J connectivity index is 1.98. The van der Waals surface area contributed by atoms with Gasteiger partial charge < -0.3 is 9.47 Å². The van der Waals surface area contributed by atoms with Gasteiger partial charge in [-0.3, -0.25) is 10.1 Å². The Morgan fingerprint density at radius 2 is 2.07 bits per heavy atom. The van der Waals surface area contributed by atoms with E-state index in [9.17, 15) is 15.4 Å². The Labute approximate surface area is 172 Å². The molecule has 4 rings (SSSR count). The second-order valence-corrected chi connectivity index (χ2v) is 6.61. The summed E-state index contributed by atoms with van der Waals surface area (Å²) in [5.41, 5.74) is 1.58. The second-order valence-electron chi connectivity index (χ2n) is 6.61. The van der Waals surface area contributed by atoms with Crippen molar-refractivity contribution in [3.8, 4) is 11.8 Å². The fourth-order valence-corrected chi connectivity index (χ4v) is 3.56. The number of rotatable bonds is 5. The number of ether oxygens (including phenoxy) is 2. The van der Waals surface area contributed by atoms with E-state index < -0.39 is 10.8 Å². The monoisotopic (exact) mass is 399 g/mol. The first kappa shape index (κ1) is 19.2. The minimum absolute atomic E-state index is 0.0435. The van der Waals surface area contributed by atoms with Crippen LogP contribution in [-0.2, 0) is 4.74 Å². The van der Waals surface area contributed by atoms with Crippen LogP contribution in [0.3, 0.4) is 0 Å². The van der Waals surface area contributed by atoms with Gasteiger partial charge in [0.25, 0.3) is 5.69 Å². The summed E-state index contributed by atoms with van der Waals surface area (Å²) in [5, 5.41) is 23.1. The van der Waals surface area contributed by atoms with Crippen LogP contribution in [0.25, 0.3) is 10.8 Å². The van der Waals surface area contributed by atoms with E-state index in [-0.39, 0.29) is 17.1 Å². The molecule has 0 radical (unpaired) electrons. The first-order valence-corrected chi connectivity index (χ1v) is 9.36. The molecule has 0 saturated carbocycles. The summed E-state index contributed by atoms with van der Waals surface area (Å²) < 4.78 is 11.3. The molecule has 1 unspecified atom stereocenters. The van der Waals surface area contributed by atoms with Crippen LogP contribution in [0, 0.1) is 21.4 Å². The number of aliphatic imine (C=N–C) groups is 1. The lowest BCUT2D eigenvalue weighted by atomic mass is 9.82. The molecule has 1 aliphatic rings. The third-order valence-corrected chi connectivity index (χ3v) is 4.88. The number of hydrogen-bond donors (Lipinski definition) is 0. The van der Waals surface area contributed by atoms with Gasteiger partial charge in [-0.15, -0.1) is 0 Å². The summed E-state index contributed by atoms with van der Waals surface area (Å²) in [7, 11) is 0. The molecule has 7 heteroatoms. The van der Waals surface area contributed by atoms with E-state index in [1.807, 2.05) is 43.3 Å². The van der Waals surface area contributed by atoms with Gasteiger partial charge in [-0.1, -0.05) is 48.5 Å². The third-order valence-electron chi connectivity index (χ3n) is 4.88. The number of nitro benzene ring substituents is 1. The SMILES string of the molecule is CCOC=NC1=C(C#N)C(c2cccc([N+](=O)[O-])c2)c2ccc3ccccc3c2O1. The molecular formula is C23H17N3O4. The van der Waals surface area contributed by atoms with Crippen LogP contribution in [0.15, 0.2) is 77.1 Å². The first-order chi connectivity index (χ1) is 14.6. The van der Waals surface area contributed by atoms with Crippen LogP contribution in [0.5, 0.6) is 5.75 Å². The summed E-state index contributed by atoms with van der Waals surface area (Å²) in [6, 6.07) is 20.0. The molecule has 30 heavy (non-hydrogen) atoms. The standard InChI is InChI=1S/C23H17N3O4/c1-2-29-14-25-23-20(13-24)21(16-7-5-8-17(12-16)26(27)28)19-11-10-15-6-3-4-9-18(15)22(19)30-23/h3-12,14,21H,2H2,1H3. The maximum Gasteiger partial charge on any atom is 0.269 e. The summed E-state index contributed by atoms with van der Waals surface area (Å²) >= 11 is 0. The topological polar surface area (TPSA) is 97.8 Å². The van der Waals surface area contributed by atoms with E-state index in [2.05, 4.69) is 11.1 Å². The van der Waals surface area contributed by atoms with Crippen LogP contribution < -0.4 is 4.74 Å². The molecule has 3 aromatic rings. The van der Waals surface area contributed by atoms with Crippen LogP contribution in [0.4, 0.5) is 5.69 Å². The number of nitro groups is 1.